The van der Waals surface area contributed by atoms with Gasteiger partial charge in [0.05, 0.1) is 12.6 Å². The maximum atomic E-state index is 12.6. The van der Waals surface area contributed by atoms with Crippen molar-refractivity contribution in [2.45, 2.75) is 26.9 Å². The molecule has 1 saturated heterocycles. The van der Waals surface area contributed by atoms with Crippen molar-refractivity contribution < 1.29 is 9.53 Å². The van der Waals surface area contributed by atoms with Gasteiger partial charge in [0, 0.05) is 52.6 Å². The van der Waals surface area contributed by atoms with Gasteiger partial charge in [0.15, 0.2) is 5.96 Å². The number of rotatable bonds is 6. The maximum absolute atomic E-state index is 12.6. The first-order valence-corrected chi connectivity index (χ1v) is 9.90. The average molecular weight is 390 g/mol. The van der Waals surface area contributed by atoms with Crippen molar-refractivity contribution in [3.63, 3.8) is 0 Å². The molecule has 0 aromatic heterocycles. The van der Waals surface area contributed by atoms with Crippen molar-refractivity contribution in [2.75, 3.05) is 58.3 Å². The number of para-hydroxylation sites is 1. The minimum absolute atomic E-state index is 0.0227. The molecular weight excluding hydrogens is 354 g/mol. The van der Waals surface area contributed by atoms with Crippen molar-refractivity contribution in [2.24, 2.45) is 10.4 Å². The number of aliphatic imine (C=N–C) groups is 1. The molecule has 1 unspecified atom stereocenters. The van der Waals surface area contributed by atoms with E-state index in [-0.39, 0.29) is 24.0 Å². The zero-order valence-corrected chi connectivity index (χ0v) is 17.9. The number of anilines is 1. The molecule has 0 saturated carbocycles. The van der Waals surface area contributed by atoms with E-state index >= 15 is 0 Å². The first-order chi connectivity index (χ1) is 13.3. The molecular formula is C21H35N5O2. The Morgan fingerprint density at radius 3 is 2.32 bits per heavy atom. The third-order valence-electron chi connectivity index (χ3n) is 5.09. The summed E-state index contributed by atoms with van der Waals surface area (Å²) < 4.78 is 5.55. The van der Waals surface area contributed by atoms with Gasteiger partial charge in [-0.2, -0.15) is 0 Å². The summed E-state index contributed by atoms with van der Waals surface area (Å²) in [4.78, 5) is 21.0. The van der Waals surface area contributed by atoms with Crippen molar-refractivity contribution in [1.82, 2.24) is 15.5 Å². The van der Waals surface area contributed by atoms with E-state index in [1.807, 2.05) is 23.1 Å². The Hall–Kier alpha value is -2.28. The van der Waals surface area contributed by atoms with Crippen LogP contribution < -0.4 is 15.5 Å². The van der Waals surface area contributed by atoms with Crippen molar-refractivity contribution >= 4 is 17.6 Å². The molecule has 7 heteroatoms. The molecule has 1 amide bonds. The standard InChI is InChI=1S/C21H35N5O2/c1-21(2,3)18(28-5)15-23-20(22-4)24-16-19(27)26-13-11-25(12-14-26)17-9-7-6-8-10-17/h6-10,18H,11-16H2,1-5H3,(H2,22,23,24). The average Bonchev–Trinajstić information content (AvgIpc) is 2.70. The molecule has 1 atom stereocenters. The van der Waals surface area contributed by atoms with Gasteiger partial charge in [-0.1, -0.05) is 39.0 Å². The monoisotopic (exact) mass is 389 g/mol. The molecule has 0 aliphatic carbocycles. The minimum atomic E-state index is 0.0227. The predicted octanol–water partition coefficient (Wildman–Crippen LogP) is 1.56. The molecule has 0 spiro atoms. The van der Waals surface area contributed by atoms with Gasteiger partial charge in [0.1, 0.15) is 0 Å². The van der Waals surface area contributed by atoms with Crippen LogP contribution in [0.2, 0.25) is 0 Å². The Balaban J connectivity index is 1.75. The Morgan fingerprint density at radius 1 is 1.14 bits per heavy atom. The van der Waals surface area contributed by atoms with Crippen LogP contribution in [0.3, 0.4) is 0 Å². The number of carbonyl (C=O) groups is 1. The highest BCUT2D eigenvalue weighted by Crippen LogP contribution is 2.20. The normalized spacial score (nSPS) is 16.7. The molecule has 0 radical (unpaired) electrons. The van der Waals surface area contributed by atoms with E-state index in [4.69, 9.17) is 4.74 Å². The van der Waals surface area contributed by atoms with Crippen LogP contribution in [0.5, 0.6) is 0 Å². The van der Waals surface area contributed by atoms with Crippen LogP contribution in [0.15, 0.2) is 35.3 Å². The molecule has 0 bridgehead atoms. The van der Waals surface area contributed by atoms with E-state index in [1.54, 1.807) is 14.2 Å². The lowest BCUT2D eigenvalue weighted by Crippen LogP contribution is -2.52. The predicted molar refractivity (Wildman–Crippen MR) is 115 cm³/mol. The molecule has 28 heavy (non-hydrogen) atoms. The van der Waals surface area contributed by atoms with E-state index in [1.165, 1.54) is 5.69 Å². The number of amides is 1. The quantitative estimate of drug-likeness (QED) is 0.571. The summed E-state index contributed by atoms with van der Waals surface area (Å²) in [5.41, 5.74) is 1.23. The van der Waals surface area contributed by atoms with E-state index in [0.29, 0.717) is 12.5 Å². The van der Waals surface area contributed by atoms with Crippen LogP contribution in [-0.2, 0) is 9.53 Å². The molecule has 1 aromatic carbocycles. The Kier molecular flexibility index (Phi) is 8.11. The lowest BCUT2D eigenvalue weighted by atomic mass is 9.89. The van der Waals surface area contributed by atoms with Gasteiger partial charge in [-0.25, -0.2) is 0 Å². The van der Waals surface area contributed by atoms with Gasteiger partial charge in [0.25, 0.3) is 0 Å². The number of nitrogens with zero attached hydrogens (tertiary/aromatic N) is 3. The highest BCUT2D eigenvalue weighted by molar-refractivity contribution is 5.86. The third kappa shape index (κ3) is 6.41. The summed E-state index contributed by atoms with van der Waals surface area (Å²) in [6, 6.07) is 10.3. The van der Waals surface area contributed by atoms with Crippen molar-refractivity contribution in [3.05, 3.63) is 30.3 Å². The number of ether oxygens (including phenoxy) is 1. The zero-order valence-electron chi connectivity index (χ0n) is 17.9. The van der Waals surface area contributed by atoms with Crippen LogP contribution >= 0.6 is 0 Å². The number of guanidine groups is 1. The maximum Gasteiger partial charge on any atom is 0.242 e. The first-order valence-electron chi connectivity index (χ1n) is 9.90. The van der Waals surface area contributed by atoms with Crippen LogP contribution in [0.4, 0.5) is 5.69 Å². The summed E-state index contributed by atoms with van der Waals surface area (Å²) in [6.07, 6.45) is 0.0489. The molecule has 1 aliphatic heterocycles. The van der Waals surface area contributed by atoms with Gasteiger partial charge in [-0.15, -0.1) is 0 Å². The van der Waals surface area contributed by atoms with Gasteiger partial charge in [0.2, 0.25) is 5.91 Å². The number of nitrogens with one attached hydrogen (secondary N) is 2. The first kappa shape index (κ1) is 22.0. The molecule has 1 aliphatic rings. The molecule has 156 valence electrons. The van der Waals surface area contributed by atoms with Crippen molar-refractivity contribution in [3.8, 4) is 0 Å². The second kappa shape index (κ2) is 10.3. The minimum Gasteiger partial charge on any atom is -0.379 e. The smallest absolute Gasteiger partial charge is 0.242 e. The summed E-state index contributed by atoms with van der Waals surface area (Å²) in [5.74, 6) is 0.706. The van der Waals surface area contributed by atoms with Gasteiger partial charge >= 0.3 is 0 Å². The highest BCUT2D eigenvalue weighted by atomic mass is 16.5. The molecule has 2 N–H and O–H groups in total. The summed E-state index contributed by atoms with van der Waals surface area (Å²) in [7, 11) is 3.42. The van der Waals surface area contributed by atoms with Crippen LogP contribution in [0, 0.1) is 5.41 Å². The second-order valence-corrected chi connectivity index (χ2v) is 8.10. The fraction of sp³-hybridized carbons (Fsp3) is 0.619. The fourth-order valence-corrected chi connectivity index (χ4v) is 3.28. The fourth-order valence-electron chi connectivity index (χ4n) is 3.28. The lowest BCUT2D eigenvalue weighted by molar-refractivity contribution is -0.130. The molecule has 1 fully saturated rings. The van der Waals surface area contributed by atoms with Crippen LogP contribution in [0.1, 0.15) is 20.8 Å². The van der Waals surface area contributed by atoms with E-state index in [2.05, 4.69) is 53.4 Å². The second-order valence-electron chi connectivity index (χ2n) is 8.10. The van der Waals surface area contributed by atoms with Crippen LogP contribution in [0.25, 0.3) is 0 Å². The summed E-state index contributed by atoms with van der Waals surface area (Å²) in [5, 5.41) is 6.37. The van der Waals surface area contributed by atoms with Gasteiger partial charge in [-0.3, -0.25) is 9.79 Å². The van der Waals surface area contributed by atoms with E-state index in [0.717, 1.165) is 26.2 Å². The molecule has 1 heterocycles. The highest BCUT2D eigenvalue weighted by Gasteiger charge is 2.25. The number of benzene rings is 1. The largest absolute Gasteiger partial charge is 0.379 e. The van der Waals surface area contributed by atoms with Gasteiger partial charge in [-0.05, 0) is 17.5 Å². The number of methoxy groups -OCH3 is 1. The van der Waals surface area contributed by atoms with Gasteiger partial charge < -0.3 is 25.2 Å². The number of hydrogen-bond donors (Lipinski definition) is 2. The Bertz CT molecular complexity index is 634. The molecule has 2 rings (SSSR count). The topological polar surface area (TPSA) is 69.2 Å². The lowest BCUT2D eigenvalue weighted by Gasteiger charge is -2.36. The number of piperazine rings is 1. The zero-order chi connectivity index (χ0) is 20.6. The third-order valence-corrected chi connectivity index (χ3v) is 5.09. The Morgan fingerprint density at radius 2 is 1.79 bits per heavy atom. The number of hydrogen-bond acceptors (Lipinski definition) is 4. The Labute approximate surface area is 169 Å². The summed E-state index contributed by atoms with van der Waals surface area (Å²) >= 11 is 0. The van der Waals surface area contributed by atoms with Crippen LogP contribution in [-0.4, -0.2) is 76.3 Å². The van der Waals surface area contributed by atoms with E-state index in [9.17, 15) is 4.79 Å². The SMILES string of the molecule is CN=C(NCC(=O)N1CCN(c2ccccc2)CC1)NCC(OC)C(C)(C)C. The number of carbonyl (C=O) groups excluding carboxylic acids is 1. The van der Waals surface area contributed by atoms with E-state index < -0.39 is 0 Å². The molecule has 7 nitrogen and oxygen atoms in total. The molecule has 1 aromatic rings. The summed E-state index contributed by atoms with van der Waals surface area (Å²) in [6.45, 7) is 10.4. The van der Waals surface area contributed by atoms with Crippen molar-refractivity contribution in [1.29, 1.82) is 0 Å².